The van der Waals surface area contributed by atoms with Gasteiger partial charge in [0.2, 0.25) is 10.0 Å². The molecule has 0 saturated carbocycles. The summed E-state index contributed by atoms with van der Waals surface area (Å²) >= 11 is 0. The molecule has 1 aliphatic rings. The zero-order chi connectivity index (χ0) is 21.8. The van der Waals surface area contributed by atoms with Crippen LogP contribution in [0.4, 0.5) is 0 Å². The quantitative estimate of drug-likeness (QED) is 0.611. The molecule has 1 aliphatic heterocycles. The molecule has 162 valence electrons. The number of hydrogen-bond donors (Lipinski definition) is 2. The second-order valence-electron chi connectivity index (χ2n) is 7.39. The number of hydrogen-bond acceptors (Lipinski definition) is 5. The summed E-state index contributed by atoms with van der Waals surface area (Å²) in [4.78, 5) is 27.6. The number of pyridine rings is 1. The van der Waals surface area contributed by atoms with Gasteiger partial charge in [-0.25, -0.2) is 8.42 Å². The number of aromatic amines is 1. The molecular formula is C22H23N3O5S. The molecule has 0 spiro atoms. The van der Waals surface area contributed by atoms with Crippen LogP contribution < -0.4 is 10.9 Å². The first kappa shape index (κ1) is 21.1. The summed E-state index contributed by atoms with van der Waals surface area (Å²) in [7, 11) is -3.55. The number of carbonyl (C=O) groups excluding carboxylic acids is 1. The van der Waals surface area contributed by atoms with E-state index >= 15 is 0 Å². The minimum Gasteiger partial charge on any atom is -0.463 e. The minimum absolute atomic E-state index is 0.0348. The predicted octanol–water partition coefficient (Wildman–Crippen LogP) is 2.74. The van der Waals surface area contributed by atoms with Gasteiger partial charge < -0.3 is 14.7 Å². The predicted molar refractivity (Wildman–Crippen MR) is 115 cm³/mol. The first-order valence-corrected chi connectivity index (χ1v) is 11.5. The number of carbonyl (C=O) groups is 1. The van der Waals surface area contributed by atoms with Crippen LogP contribution in [0.1, 0.15) is 35.2 Å². The molecule has 8 nitrogen and oxygen atoms in total. The van der Waals surface area contributed by atoms with Crippen LogP contribution >= 0.6 is 0 Å². The summed E-state index contributed by atoms with van der Waals surface area (Å²) in [6.45, 7) is 1.15. The fourth-order valence-electron chi connectivity index (χ4n) is 3.58. The highest BCUT2D eigenvalue weighted by atomic mass is 32.2. The average molecular weight is 442 g/mol. The van der Waals surface area contributed by atoms with Crippen LogP contribution in [0.25, 0.3) is 11.5 Å². The molecule has 0 atom stereocenters. The molecule has 0 unspecified atom stereocenters. The average Bonchev–Trinajstić information content (AvgIpc) is 3.33. The Morgan fingerprint density at radius 2 is 1.87 bits per heavy atom. The van der Waals surface area contributed by atoms with Gasteiger partial charge >= 0.3 is 0 Å². The number of furan rings is 1. The maximum absolute atomic E-state index is 12.9. The molecule has 4 rings (SSSR count). The molecule has 31 heavy (non-hydrogen) atoms. The lowest BCUT2D eigenvalue weighted by molar-refractivity contribution is 0.0949. The Balaban J connectivity index is 1.45. The fraction of sp³-hybridized carbons (Fsp3) is 0.273. The number of H-pyrrole nitrogens is 1. The smallest absolute Gasteiger partial charge is 0.261 e. The Kier molecular flexibility index (Phi) is 6.06. The van der Waals surface area contributed by atoms with Gasteiger partial charge in [-0.1, -0.05) is 18.6 Å². The van der Waals surface area contributed by atoms with Crippen molar-refractivity contribution in [1.29, 1.82) is 0 Å². The highest BCUT2D eigenvalue weighted by Crippen LogP contribution is 2.21. The molecule has 9 heteroatoms. The molecule has 0 aliphatic carbocycles. The number of nitrogens with one attached hydrogen (secondary N) is 2. The van der Waals surface area contributed by atoms with E-state index in [1.54, 1.807) is 42.5 Å². The van der Waals surface area contributed by atoms with Gasteiger partial charge in [0.1, 0.15) is 11.3 Å². The molecule has 1 amide bonds. The van der Waals surface area contributed by atoms with Gasteiger partial charge in [-0.3, -0.25) is 9.59 Å². The van der Waals surface area contributed by atoms with E-state index in [0.717, 1.165) is 19.3 Å². The SMILES string of the molecule is O=C(NCc1cccc(S(=O)(=O)N2CCCCC2)c1)c1ccc(-c2ccco2)[nH]c1=O. The Morgan fingerprint density at radius 1 is 1.06 bits per heavy atom. The second kappa shape index (κ2) is 8.91. The maximum atomic E-state index is 12.9. The Labute approximate surface area is 180 Å². The van der Waals surface area contributed by atoms with Gasteiger partial charge in [0.15, 0.2) is 0 Å². The molecule has 1 saturated heterocycles. The van der Waals surface area contributed by atoms with E-state index in [1.807, 2.05) is 0 Å². The van der Waals surface area contributed by atoms with Crippen LogP contribution in [0.5, 0.6) is 0 Å². The summed E-state index contributed by atoms with van der Waals surface area (Å²) < 4.78 is 32.5. The number of benzene rings is 1. The third-order valence-electron chi connectivity index (χ3n) is 5.25. The van der Waals surface area contributed by atoms with Crippen LogP contribution in [0, 0.1) is 0 Å². The van der Waals surface area contributed by atoms with E-state index in [-0.39, 0.29) is 17.0 Å². The number of aromatic nitrogens is 1. The summed E-state index contributed by atoms with van der Waals surface area (Å²) in [6, 6.07) is 13.0. The third-order valence-corrected chi connectivity index (χ3v) is 7.14. The lowest BCUT2D eigenvalue weighted by atomic mass is 10.2. The lowest BCUT2D eigenvalue weighted by Gasteiger charge is -2.26. The van der Waals surface area contributed by atoms with Gasteiger partial charge in [0.05, 0.1) is 16.9 Å². The molecule has 1 fully saturated rings. The normalized spacial score (nSPS) is 15.0. The first-order chi connectivity index (χ1) is 14.9. The van der Waals surface area contributed by atoms with Crippen LogP contribution in [0.3, 0.4) is 0 Å². The second-order valence-corrected chi connectivity index (χ2v) is 9.32. The van der Waals surface area contributed by atoms with Crippen LogP contribution in [-0.4, -0.2) is 36.7 Å². The van der Waals surface area contributed by atoms with Gasteiger partial charge in [-0.05, 0) is 54.8 Å². The number of sulfonamides is 1. The van der Waals surface area contributed by atoms with Gasteiger partial charge in [-0.2, -0.15) is 4.31 Å². The van der Waals surface area contributed by atoms with Crippen molar-refractivity contribution >= 4 is 15.9 Å². The first-order valence-electron chi connectivity index (χ1n) is 10.1. The number of piperidine rings is 1. The van der Waals surface area contributed by atoms with E-state index in [0.29, 0.717) is 30.1 Å². The van der Waals surface area contributed by atoms with Crippen molar-refractivity contribution in [1.82, 2.24) is 14.6 Å². The van der Waals surface area contributed by atoms with E-state index in [4.69, 9.17) is 4.42 Å². The van der Waals surface area contributed by atoms with Gasteiger partial charge in [0, 0.05) is 19.6 Å². The molecule has 0 radical (unpaired) electrons. The molecule has 3 heterocycles. The van der Waals surface area contributed by atoms with Crippen LogP contribution in [0.2, 0.25) is 0 Å². The topological polar surface area (TPSA) is 112 Å². The monoisotopic (exact) mass is 441 g/mol. The van der Waals surface area contributed by atoms with Crippen molar-refractivity contribution in [2.75, 3.05) is 13.1 Å². The lowest BCUT2D eigenvalue weighted by Crippen LogP contribution is -2.35. The largest absolute Gasteiger partial charge is 0.463 e. The van der Waals surface area contributed by atoms with E-state index in [1.165, 1.54) is 16.6 Å². The maximum Gasteiger partial charge on any atom is 0.261 e. The molecule has 2 N–H and O–H groups in total. The number of amides is 1. The zero-order valence-electron chi connectivity index (χ0n) is 16.8. The molecule has 2 aromatic heterocycles. The van der Waals surface area contributed by atoms with Crippen molar-refractivity contribution in [3.8, 4) is 11.5 Å². The summed E-state index contributed by atoms with van der Waals surface area (Å²) in [6.07, 6.45) is 4.26. The van der Waals surface area contributed by atoms with Crippen molar-refractivity contribution in [3.63, 3.8) is 0 Å². The van der Waals surface area contributed by atoms with E-state index < -0.39 is 21.5 Å². The van der Waals surface area contributed by atoms with E-state index in [2.05, 4.69) is 10.3 Å². The standard InChI is InChI=1S/C22H23N3O5S/c26-21(18-9-10-19(24-22(18)27)20-8-5-13-30-20)23-15-16-6-4-7-17(14-16)31(28,29)25-11-2-1-3-12-25/h4-10,13-14H,1-3,11-12,15H2,(H,23,26)(H,24,27). The number of nitrogens with zero attached hydrogens (tertiary/aromatic N) is 1. The van der Waals surface area contributed by atoms with Crippen molar-refractivity contribution in [2.24, 2.45) is 0 Å². The van der Waals surface area contributed by atoms with Gasteiger partial charge in [0.25, 0.3) is 11.5 Å². The third kappa shape index (κ3) is 4.62. The van der Waals surface area contributed by atoms with E-state index in [9.17, 15) is 18.0 Å². The Bertz CT molecular complexity index is 1230. The highest BCUT2D eigenvalue weighted by Gasteiger charge is 2.26. The molecule has 3 aromatic rings. The van der Waals surface area contributed by atoms with Crippen LogP contribution in [-0.2, 0) is 16.6 Å². The molecular weight excluding hydrogens is 418 g/mol. The van der Waals surface area contributed by atoms with Crippen molar-refractivity contribution in [3.05, 3.63) is 76.3 Å². The summed E-state index contributed by atoms with van der Waals surface area (Å²) in [5, 5.41) is 2.68. The van der Waals surface area contributed by atoms with Crippen molar-refractivity contribution in [2.45, 2.75) is 30.7 Å². The Morgan fingerprint density at radius 3 is 2.58 bits per heavy atom. The Hall–Kier alpha value is -3.17. The molecule has 0 bridgehead atoms. The minimum atomic E-state index is -3.55. The van der Waals surface area contributed by atoms with Crippen LogP contribution in [0.15, 0.2) is 68.9 Å². The van der Waals surface area contributed by atoms with Gasteiger partial charge in [-0.15, -0.1) is 0 Å². The zero-order valence-corrected chi connectivity index (χ0v) is 17.7. The van der Waals surface area contributed by atoms with Crippen molar-refractivity contribution < 1.29 is 17.6 Å². The highest BCUT2D eigenvalue weighted by molar-refractivity contribution is 7.89. The number of rotatable bonds is 6. The fourth-order valence-corrected chi connectivity index (χ4v) is 5.16. The molecule has 1 aromatic carbocycles. The summed E-state index contributed by atoms with van der Waals surface area (Å²) in [5.41, 5.74) is 0.539. The summed E-state index contributed by atoms with van der Waals surface area (Å²) in [5.74, 6) is -0.0488.